The van der Waals surface area contributed by atoms with Gasteiger partial charge >= 0.3 is 0 Å². The zero-order chi connectivity index (χ0) is 18.7. The van der Waals surface area contributed by atoms with Crippen molar-refractivity contribution >= 4 is 5.69 Å². The number of benzene rings is 2. The Balaban J connectivity index is 2.15. The lowest BCUT2D eigenvalue weighted by atomic mass is 10.2. The van der Waals surface area contributed by atoms with Crippen LogP contribution < -0.4 is 14.2 Å². The van der Waals surface area contributed by atoms with Gasteiger partial charge in [-0.3, -0.25) is 10.1 Å². The average Bonchev–Trinajstić information content (AvgIpc) is 3.16. The maximum absolute atomic E-state index is 11.0. The summed E-state index contributed by atoms with van der Waals surface area (Å²) < 4.78 is 17.6. The van der Waals surface area contributed by atoms with Gasteiger partial charge in [0.2, 0.25) is 5.75 Å². The summed E-state index contributed by atoms with van der Waals surface area (Å²) in [5.41, 5.74) is 1.14. The van der Waals surface area contributed by atoms with Crippen LogP contribution in [-0.2, 0) is 0 Å². The molecule has 0 amide bonds. The highest BCUT2D eigenvalue weighted by atomic mass is 16.6. The van der Waals surface area contributed by atoms with Crippen LogP contribution in [0.1, 0.15) is 0 Å². The lowest BCUT2D eigenvalue weighted by Gasteiger charge is -2.14. The summed E-state index contributed by atoms with van der Waals surface area (Å²) in [4.78, 5) is 14.8. The Kier molecular flexibility index (Phi) is 4.70. The second-order valence-corrected chi connectivity index (χ2v) is 5.19. The van der Waals surface area contributed by atoms with E-state index in [4.69, 9.17) is 14.2 Å². The summed E-state index contributed by atoms with van der Waals surface area (Å²) >= 11 is 0. The molecule has 0 fully saturated rings. The predicted molar refractivity (Wildman–Crippen MR) is 93.1 cm³/mol. The summed E-state index contributed by atoms with van der Waals surface area (Å²) in [6.45, 7) is 0. The topological polar surface area (TPSA) is 102 Å². The molecule has 9 heteroatoms. The Hall–Kier alpha value is -3.62. The van der Waals surface area contributed by atoms with Crippen molar-refractivity contribution in [2.24, 2.45) is 0 Å². The molecule has 0 unspecified atom stereocenters. The Labute approximate surface area is 148 Å². The number of ether oxygens (including phenoxy) is 3. The average molecular weight is 356 g/mol. The van der Waals surface area contributed by atoms with E-state index in [9.17, 15) is 10.1 Å². The second-order valence-electron chi connectivity index (χ2n) is 5.19. The van der Waals surface area contributed by atoms with Crippen LogP contribution in [0.25, 0.3) is 17.1 Å². The van der Waals surface area contributed by atoms with Gasteiger partial charge in [0, 0.05) is 29.8 Å². The molecular formula is C17H16N4O5. The van der Waals surface area contributed by atoms with E-state index in [-0.39, 0.29) is 5.69 Å². The molecule has 3 rings (SSSR count). The van der Waals surface area contributed by atoms with Gasteiger partial charge in [-0.2, -0.15) is 5.10 Å². The fraction of sp³-hybridized carbons (Fsp3) is 0.176. The van der Waals surface area contributed by atoms with Gasteiger partial charge in [-0.05, 0) is 0 Å². The van der Waals surface area contributed by atoms with Crippen LogP contribution in [-0.4, -0.2) is 41.0 Å². The van der Waals surface area contributed by atoms with Crippen LogP contribution in [0.2, 0.25) is 0 Å². The number of methoxy groups -OCH3 is 3. The largest absolute Gasteiger partial charge is 0.493 e. The van der Waals surface area contributed by atoms with Crippen LogP contribution in [0.3, 0.4) is 0 Å². The summed E-state index contributed by atoms with van der Waals surface area (Å²) in [5, 5.41) is 15.3. The van der Waals surface area contributed by atoms with Crippen molar-refractivity contribution in [1.82, 2.24) is 14.8 Å². The first-order valence-electron chi connectivity index (χ1n) is 7.54. The molecule has 0 bridgehead atoms. The van der Waals surface area contributed by atoms with Crippen molar-refractivity contribution < 1.29 is 19.1 Å². The standard InChI is InChI=1S/C17H16N4O5/c1-24-14-8-13(9-15(25-2)16(14)26-3)20-17(18-10-19-20)11-5-4-6-12(7-11)21(22)23/h4-10H,1-3H3. The van der Waals surface area contributed by atoms with E-state index in [1.54, 1.807) is 28.9 Å². The maximum Gasteiger partial charge on any atom is 0.270 e. The molecule has 26 heavy (non-hydrogen) atoms. The summed E-state index contributed by atoms with van der Waals surface area (Å²) in [6.07, 6.45) is 1.37. The molecule has 1 heterocycles. The minimum Gasteiger partial charge on any atom is -0.493 e. The fourth-order valence-electron chi connectivity index (χ4n) is 2.58. The lowest BCUT2D eigenvalue weighted by Crippen LogP contribution is -2.03. The van der Waals surface area contributed by atoms with E-state index >= 15 is 0 Å². The molecule has 1 aromatic heterocycles. The van der Waals surface area contributed by atoms with Crippen LogP contribution in [0.5, 0.6) is 17.2 Å². The molecule has 0 radical (unpaired) electrons. The summed E-state index contributed by atoms with van der Waals surface area (Å²) in [7, 11) is 4.55. The number of nitro groups is 1. The smallest absolute Gasteiger partial charge is 0.270 e. The van der Waals surface area contributed by atoms with Crippen LogP contribution in [0.4, 0.5) is 5.69 Å². The van der Waals surface area contributed by atoms with Crippen molar-refractivity contribution in [3.8, 4) is 34.3 Å². The molecular weight excluding hydrogens is 340 g/mol. The Morgan fingerprint density at radius 1 is 1.04 bits per heavy atom. The number of hydrogen-bond acceptors (Lipinski definition) is 7. The van der Waals surface area contributed by atoms with Crippen LogP contribution in [0.15, 0.2) is 42.7 Å². The number of nitrogens with zero attached hydrogens (tertiary/aromatic N) is 4. The molecule has 0 saturated carbocycles. The number of rotatable bonds is 6. The zero-order valence-corrected chi connectivity index (χ0v) is 14.4. The van der Waals surface area contributed by atoms with Gasteiger partial charge in [-0.25, -0.2) is 9.67 Å². The minimum atomic E-state index is -0.455. The lowest BCUT2D eigenvalue weighted by molar-refractivity contribution is -0.384. The number of aromatic nitrogens is 3. The molecule has 0 spiro atoms. The molecule has 0 aliphatic heterocycles. The van der Waals surface area contributed by atoms with Gasteiger partial charge in [0.25, 0.3) is 5.69 Å². The monoisotopic (exact) mass is 356 g/mol. The highest BCUT2D eigenvalue weighted by Crippen LogP contribution is 2.39. The fourth-order valence-corrected chi connectivity index (χ4v) is 2.58. The van der Waals surface area contributed by atoms with Gasteiger partial charge in [0.1, 0.15) is 6.33 Å². The Morgan fingerprint density at radius 2 is 1.73 bits per heavy atom. The molecule has 0 saturated heterocycles. The molecule has 2 aromatic carbocycles. The normalized spacial score (nSPS) is 10.4. The molecule has 134 valence electrons. The van der Waals surface area contributed by atoms with E-state index in [2.05, 4.69) is 10.1 Å². The van der Waals surface area contributed by atoms with Crippen molar-refractivity contribution in [3.63, 3.8) is 0 Å². The SMILES string of the molecule is COc1cc(-n2ncnc2-c2cccc([N+](=O)[O-])c2)cc(OC)c1OC. The van der Waals surface area contributed by atoms with Gasteiger partial charge < -0.3 is 14.2 Å². The van der Waals surface area contributed by atoms with E-state index in [0.29, 0.717) is 34.3 Å². The Morgan fingerprint density at radius 3 is 2.31 bits per heavy atom. The third-order valence-corrected chi connectivity index (χ3v) is 3.76. The molecule has 0 atom stereocenters. The highest BCUT2D eigenvalue weighted by molar-refractivity contribution is 5.64. The first kappa shape index (κ1) is 17.2. The van der Waals surface area contributed by atoms with Gasteiger partial charge in [0.15, 0.2) is 17.3 Å². The summed E-state index contributed by atoms with van der Waals surface area (Å²) in [5.74, 6) is 1.82. The molecule has 9 nitrogen and oxygen atoms in total. The van der Waals surface area contributed by atoms with Crippen LogP contribution in [0, 0.1) is 10.1 Å². The number of hydrogen-bond donors (Lipinski definition) is 0. The van der Waals surface area contributed by atoms with Gasteiger partial charge in [-0.1, -0.05) is 12.1 Å². The zero-order valence-electron chi connectivity index (χ0n) is 14.4. The second kappa shape index (κ2) is 7.09. The van der Waals surface area contributed by atoms with Crippen molar-refractivity contribution in [2.45, 2.75) is 0 Å². The number of nitro benzene ring substituents is 1. The predicted octanol–water partition coefficient (Wildman–Crippen LogP) is 2.87. The molecule has 0 aliphatic rings. The summed E-state index contributed by atoms with van der Waals surface area (Å²) in [6, 6.07) is 9.63. The first-order valence-corrected chi connectivity index (χ1v) is 7.54. The van der Waals surface area contributed by atoms with Gasteiger partial charge in [0.05, 0.1) is 31.9 Å². The maximum atomic E-state index is 11.0. The van der Waals surface area contributed by atoms with E-state index < -0.39 is 4.92 Å². The van der Waals surface area contributed by atoms with E-state index in [1.165, 1.54) is 39.8 Å². The molecule has 0 N–H and O–H groups in total. The third-order valence-electron chi connectivity index (χ3n) is 3.76. The van der Waals surface area contributed by atoms with Crippen molar-refractivity contribution in [1.29, 1.82) is 0 Å². The van der Waals surface area contributed by atoms with Crippen molar-refractivity contribution in [3.05, 3.63) is 52.8 Å². The van der Waals surface area contributed by atoms with Gasteiger partial charge in [-0.15, -0.1) is 0 Å². The van der Waals surface area contributed by atoms with Crippen LogP contribution >= 0.6 is 0 Å². The first-order chi connectivity index (χ1) is 12.6. The molecule has 0 aliphatic carbocycles. The van der Waals surface area contributed by atoms with Crippen molar-refractivity contribution in [2.75, 3.05) is 21.3 Å². The minimum absolute atomic E-state index is 0.0260. The third kappa shape index (κ3) is 3.02. The molecule has 3 aromatic rings. The van der Waals surface area contributed by atoms with E-state index in [0.717, 1.165) is 0 Å². The van der Waals surface area contributed by atoms with E-state index in [1.807, 2.05) is 0 Å². The highest BCUT2D eigenvalue weighted by Gasteiger charge is 2.18. The Bertz CT molecular complexity index is 929. The quantitative estimate of drug-likeness (QED) is 0.494. The number of non-ortho nitro benzene ring substituents is 1.